The van der Waals surface area contributed by atoms with Crippen molar-refractivity contribution in [2.75, 3.05) is 13.2 Å². The number of carbonyl (C=O) groups is 1. The van der Waals surface area contributed by atoms with Crippen LogP contribution in [-0.4, -0.2) is 45.5 Å². The van der Waals surface area contributed by atoms with Crippen LogP contribution in [-0.2, 0) is 27.4 Å². The third-order valence-electron chi connectivity index (χ3n) is 5.70. The van der Waals surface area contributed by atoms with Gasteiger partial charge in [0.1, 0.15) is 18.4 Å². The van der Waals surface area contributed by atoms with E-state index in [0.717, 1.165) is 10.1 Å². The highest BCUT2D eigenvalue weighted by molar-refractivity contribution is 6.32. The molecule has 0 atom stereocenters. The number of benzene rings is 2. The molecule has 0 aliphatic carbocycles. The Balaban J connectivity index is 1.73. The monoisotopic (exact) mass is 562 g/mol. The van der Waals surface area contributed by atoms with Gasteiger partial charge in [-0.15, -0.1) is 0 Å². The summed E-state index contributed by atoms with van der Waals surface area (Å²) < 4.78 is 18.4. The normalized spacial score (nSPS) is 14.6. The molecule has 1 N–H and O–H groups in total. The number of hydrogen-bond donors (Lipinski definition) is 1. The van der Waals surface area contributed by atoms with E-state index in [1.807, 2.05) is 13.8 Å². The van der Waals surface area contributed by atoms with E-state index < -0.39 is 23.9 Å². The fourth-order valence-corrected chi connectivity index (χ4v) is 4.22. The molecule has 4 rings (SSSR count). The molecular formula is C26H28Cl2N4O6. The van der Waals surface area contributed by atoms with Gasteiger partial charge >= 0.3 is 17.3 Å². The standard InChI is InChI=1S/C26H28Cl2N4O6/c1-16(2)37-22-8-7-19(13-21(22)28)29-24-30-25(34)32(15-23(33)38-20-9-11-36-12-10-20)26(35)31(24)14-17-3-5-18(27)6-4-17/h3-8,13,16,20H,9-12,14-15H2,1-2H3,(H,29,30,34). The summed E-state index contributed by atoms with van der Waals surface area (Å²) in [5.41, 5.74) is -0.413. The smallest absolute Gasteiger partial charge is 0.335 e. The van der Waals surface area contributed by atoms with Gasteiger partial charge in [-0.05, 0) is 49.7 Å². The molecule has 0 unspecified atom stereocenters. The van der Waals surface area contributed by atoms with Crippen LogP contribution in [0.1, 0.15) is 32.3 Å². The van der Waals surface area contributed by atoms with Gasteiger partial charge in [0.05, 0.1) is 36.6 Å². The molecular weight excluding hydrogens is 535 g/mol. The molecule has 1 saturated heterocycles. The van der Waals surface area contributed by atoms with Gasteiger partial charge in [0.25, 0.3) is 0 Å². The molecule has 1 aliphatic rings. The average Bonchev–Trinajstić information content (AvgIpc) is 2.87. The largest absolute Gasteiger partial charge is 0.489 e. The second-order valence-corrected chi connectivity index (χ2v) is 9.87. The van der Waals surface area contributed by atoms with Crippen molar-refractivity contribution in [2.45, 2.75) is 52.0 Å². The average molecular weight is 563 g/mol. The summed E-state index contributed by atoms with van der Waals surface area (Å²) >= 11 is 12.4. The predicted octanol–water partition coefficient (Wildman–Crippen LogP) is 3.44. The fraction of sp³-hybridized carbons (Fsp3) is 0.385. The van der Waals surface area contributed by atoms with Crippen molar-refractivity contribution in [2.24, 2.45) is 4.99 Å². The number of nitrogens with one attached hydrogen (secondary N) is 1. The molecule has 2 heterocycles. The van der Waals surface area contributed by atoms with Crippen LogP contribution in [0, 0.1) is 0 Å². The number of aromatic nitrogens is 3. The van der Waals surface area contributed by atoms with Gasteiger partial charge in [-0.25, -0.2) is 19.1 Å². The summed E-state index contributed by atoms with van der Waals surface area (Å²) in [7, 11) is 0. The topological polar surface area (TPSA) is 117 Å². The summed E-state index contributed by atoms with van der Waals surface area (Å²) in [5, 5.41) is 0.868. The number of halogens is 2. The zero-order valence-electron chi connectivity index (χ0n) is 21.0. The summed E-state index contributed by atoms with van der Waals surface area (Å²) in [6.07, 6.45) is 0.747. The third-order valence-corrected chi connectivity index (χ3v) is 6.25. The first-order chi connectivity index (χ1) is 18.2. The summed E-state index contributed by atoms with van der Waals surface area (Å²) in [6, 6.07) is 11.8. The van der Waals surface area contributed by atoms with Crippen molar-refractivity contribution < 1.29 is 19.0 Å². The minimum Gasteiger partial charge on any atom is -0.489 e. The molecule has 0 saturated carbocycles. The Morgan fingerprint density at radius 1 is 1.11 bits per heavy atom. The molecule has 1 aliphatic heterocycles. The van der Waals surface area contributed by atoms with E-state index in [1.165, 1.54) is 4.57 Å². The SMILES string of the molecule is CC(C)Oc1ccc(/N=c2\[nH]c(=O)n(CC(=O)OC3CCOCC3)c(=O)n2Cc2ccc(Cl)cc2)cc1Cl. The quantitative estimate of drug-likeness (QED) is 0.420. The van der Waals surface area contributed by atoms with E-state index in [2.05, 4.69) is 9.98 Å². The number of nitrogens with zero attached hydrogens (tertiary/aromatic N) is 3. The molecule has 2 aromatic carbocycles. The van der Waals surface area contributed by atoms with E-state index in [1.54, 1.807) is 42.5 Å². The number of hydrogen-bond acceptors (Lipinski definition) is 7. The summed E-state index contributed by atoms with van der Waals surface area (Å²) in [4.78, 5) is 46.1. The fourth-order valence-electron chi connectivity index (χ4n) is 3.87. The Hall–Kier alpha value is -3.34. The van der Waals surface area contributed by atoms with Crippen LogP contribution in [0.25, 0.3) is 0 Å². The van der Waals surface area contributed by atoms with Gasteiger partial charge in [0.2, 0.25) is 5.62 Å². The van der Waals surface area contributed by atoms with Crippen molar-refractivity contribution in [1.29, 1.82) is 0 Å². The highest BCUT2D eigenvalue weighted by Gasteiger charge is 2.20. The molecule has 12 heteroatoms. The summed E-state index contributed by atoms with van der Waals surface area (Å²) in [5.74, 6) is -0.193. The van der Waals surface area contributed by atoms with Crippen LogP contribution in [0.15, 0.2) is 57.0 Å². The van der Waals surface area contributed by atoms with Crippen LogP contribution in [0.4, 0.5) is 5.69 Å². The molecule has 38 heavy (non-hydrogen) atoms. The third kappa shape index (κ3) is 7.15. The van der Waals surface area contributed by atoms with Gasteiger partial charge in [0, 0.05) is 17.9 Å². The first-order valence-corrected chi connectivity index (χ1v) is 12.9. The van der Waals surface area contributed by atoms with Gasteiger partial charge in [-0.2, -0.15) is 0 Å². The van der Waals surface area contributed by atoms with Crippen molar-refractivity contribution in [3.63, 3.8) is 0 Å². The number of aromatic amines is 1. The first kappa shape index (κ1) is 27.7. The van der Waals surface area contributed by atoms with Crippen LogP contribution < -0.4 is 21.7 Å². The first-order valence-electron chi connectivity index (χ1n) is 12.2. The van der Waals surface area contributed by atoms with Crippen molar-refractivity contribution >= 4 is 34.9 Å². The molecule has 3 aromatic rings. The van der Waals surface area contributed by atoms with Crippen molar-refractivity contribution in [3.05, 3.63) is 84.7 Å². The Bertz CT molecular complexity index is 1470. The predicted molar refractivity (Wildman–Crippen MR) is 142 cm³/mol. The minimum atomic E-state index is -0.795. The number of ether oxygens (including phenoxy) is 3. The molecule has 202 valence electrons. The second kappa shape index (κ2) is 12.5. The number of esters is 1. The van der Waals surface area contributed by atoms with Crippen LogP contribution in [0.2, 0.25) is 10.0 Å². The van der Waals surface area contributed by atoms with E-state index in [0.29, 0.717) is 47.5 Å². The number of H-pyrrole nitrogens is 1. The molecule has 1 fully saturated rings. The number of carbonyl (C=O) groups excluding carboxylic acids is 1. The summed E-state index contributed by atoms with van der Waals surface area (Å²) in [6.45, 7) is 4.26. The minimum absolute atomic E-state index is 0.0161. The van der Waals surface area contributed by atoms with Crippen LogP contribution in [0.5, 0.6) is 5.75 Å². The maximum Gasteiger partial charge on any atom is 0.335 e. The maximum atomic E-state index is 13.5. The van der Waals surface area contributed by atoms with Crippen molar-refractivity contribution in [3.8, 4) is 5.75 Å². The zero-order chi connectivity index (χ0) is 27.2. The lowest BCUT2D eigenvalue weighted by Crippen LogP contribution is -2.51. The van der Waals surface area contributed by atoms with Gasteiger partial charge in [-0.3, -0.25) is 14.3 Å². The Morgan fingerprint density at radius 3 is 2.47 bits per heavy atom. The van der Waals surface area contributed by atoms with Gasteiger partial charge in [-0.1, -0.05) is 35.3 Å². The highest BCUT2D eigenvalue weighted by atomic mass is 35.5. The lowest BCUT2D eigenvalue weighted by molar-refractivity contribution is -0.154. The molecule has 0 radical (unpaired) electrons. The van der Waals surface area contributed by atoms with E-state index in [9.17, 15) is 14.4 Å². The highest BCUT2D eigenvalue weighted by Crippen LogP contribution is 2.29. The molecule has 0 bridgehead atoms. The van der Waals surface area contributed by atoms with Crippen LogP contribution in [0.3, 0.4) is 0 Å². The van der Waals surface area contributed by atoms with Gasteiger partial charge in [0.15, 0.2) is 0 Å². The molecule has 10 nitrogen and oxygen atoms in total. The van der Waals surface area contributed by atoms with Gasteiger partial charge < -0.3 is 14.2 Å². The zero-order valence-corrected chi connectivity index (χ0v) is 22.5. The van der Waals surface area contributed by atoms with E-state index in [4.69, 9.17) is 37.4 Å². The number of rotatable bonds is 8. The second-order valence-electron chi connectivity index (χ2n) is 9.03. The molecule has 0 spiro atoms. The van der Waals surface area contributed by atoms with E-state index >= 15 is 0 Å². The Kier molecular flexibility index (Phi) is 9.09. The van der Waals surface area contributed by atoms with Crippen LogP contribution >= 0.6 is 23.2 Å². The maximum absolute atomic E-state index is 13.5. The Morgan fingerprint density at radius 2 is 1.82 bits per heavy atom. The lowest BCUT2D eigenvalue weighted by Gasteiger charge is -2.22. The Labute approximate surface area is 228 Å². The van der Waals surface area contributed by atoms with E-state index in [-0.39, 0.29) is 24.4 Å². The lowest BCUT2D eigenvalue weighted by atomic mass is 10.1. The molecule has 1 aromatic heterocycles. The molecule has 0 amide bonds. The van der Waals surface area contributed by atoms with Crippen molar-refractivity contribution in [1.82, 2.24) is 14.1 Å².